The summed E-state index contributed by atoms with van der Waals surface area (Å²) in [4.78, 5) is 0. The van der Waals surface area contributed by atoms with Gasteiger partial charge < -0.3 is 0 Å². The molecule has 1 aliphatic carbocycles. The van der Waals surface area contributed by atoms with Crippen molar-refractivity contribution < 1.29 is 0 Å². The Bertz CT molecular complexity index is 658. The number of hydrogen-bond donors (Lipinski definition) is 0. The lowest BCUT2D eigenvalue weighted by Gasteiger charge is -2.10. The van der Waals surface area contributed by atoms with E-state index in [4.69, 9.17) is 0 Å². The van der Waals surface area contributed by atoms with E-state index >= 15 is 0 Å². The fraction of sp³-hybridized carbons (Fsp3) is 0.200. The molecule has 2 aromatic rings. The maximum absolute atomic E-state index is 2.27. The van der Waals surface area contributed by atoms with Gasteiger partial charge in [0.05, 0.1) is 0 Å². The average molecular weight is 260 g/mol. The van der Waals surface area contributed by atoms with Gasteiger partial charge in [-0.15, -0.1) is 0 Å². The van der Waals surface area contributed by atoms with Gasteiger partial charge in [-0.25, -0.2) is 0 Å². The summed E-state index contributed by atoms with van der Waals surface area (Å²) in [5.41, 5.74) is 8.65. The topological polar surface area (TPSA) is 0 Å². The van der Waals surface area contributed by atoms with Crippen molar-refractivity contribution in [3.8, 4) is 0 Å². The van der Waals surface area contributed by atoms with E-state index in [-0.39, 0.29) is 0 Å². The fourth-order valence-electron chi connectivity index (χ4n) is 3.11. The molecule has 0 fully saturated rings. The zero-order valence-corrected chi connectivity index (χ0v) is 12.2. The summed E-state index contributed by atoms with van der Waals surface area (Å²) in [6.07, 6.45) is 2.23. The van der Waals surface area contributed by atoms with Gasteiger partial charge in [0.15, 0.2) is 0 Å². The van der Waals surface area contributed by atoms with Crippen molar-refractivity contribution in [3.63, 3.8) is 0 Å². The molecule has 1 aliphatic rings. The van der Waals surface area contributed by atoms with E-state index < -0.39 is 0 Å². The van der Waals surface area contributed by atoms with Crippen molar-refractivity contribution in [3.05, 3.63) is 82.9 Å². The second kappa shape index (κ2) is 5.50. The summed E-state index contributed by atoms with van der Waals surface area (Å²) in [6, 6.07) is 21.6. The van der Waals surface area contributed by atoms with Crippen LogP contribution in [0.1, 0.15) is 37.8 Å². The molecule has 0 heteroatoms. The third-order valence-corrected chi connectivity index (χ3v) is 4.21. The van der Waals surface area contributed by atoms with Crippen LogP contribution in [0.2, 0.25) is 0 Å². The monoisotopic (exact) mass is 260 g/mol. The molecular formula is C20H20. The van der Waals surface area contributed by atoms with Gasteiger partial charge in [-0.2, -0.15) is 0 Å². The third kappa shape index (κ3) is 2.22. The second-order valence-electron chi connectivity index (χ2n) is 5.34. The van der Waals surface area contributed by atoms with Gasteiger partial charge in [-0.1, -0.05) is 73.2 Å². The molecule has 0 heterocycles. The molecule has 100 valence electrons. The van der Waals surface area contributed by atoms with Crippen molar-refractivity contribution in [2.45, 2.75) is 26.7 Å². The predicted octanol–water partition coefficient (Wildman–Crippen LogP) is 5.73. The van der Waals surface area contributed by atoms with Crippen LogP contribution in [-0.2, 0) is 0 Å². The van der Waals surface area contributed by atoms with Crippen LogP contribution in [0.4, 0.5) is 0 Å². The van der Waals surface area contributed by atoms with Crippen LogP contribution in [-0.4, -0.2) is 0 Å². The molecule has 0 nitrogen and oxygen atoms in total. The van der Waals surface area contributed by atoms with Gasteiger partial charge >= 0.3 is 0 Å². The van der Waals surface area contributed by atoms with Crippen LogP contribution in [0.15, 0.2) is 71.8 Å². The summed E-state index contributed by atoms with van der Waals surface area (Å²) in [5.74, 6) is 0. The highest BCUT2D eigenvalue weighted by atomic mass is 14.3. The molecule has 0 atom stereocenters. The Labute approximate surface area is 121 Å². The van der Waals surface area contributed by atoms with Crippen molar-refractivity contribution in [2.24, 2.45) is 0 Å². The van der Waals surface area contributed by atoms with Crippen LogP contribution >= 0.6 is 0 Å². The Hall–Kier alpha value is -2.08. The van der Waals surface area contributed by atoms with E-state index in [0.29, 0.717) is 0 Å². The molecule has 2 aromatic carbocycles. The molecule has 0 amide bonds. The molecule has 0 saturated carbocycles. The molecule has 0 bridgehead atoms. The first-order chi connectivity index (χ1) is 9.81. The van der Waals surface area contributed by atoms with Crippen molar-refractivity contribution in [1.29, 1.82) is 0 Å². The highest BCUT2D eigenvalue weighted by Gasteiger charge is 2.22. The standard InChI is InChI=1S/C20H20/c1-3-16-14-19(17-10-6-4-7-11-17)20(15(16)2)18-12-8-5-9-13-18/h4-13H,3,14H2,1-2H3. The molecule has 0 spiro atoms. The smallest absolute Gasteiger partial charge is 0.00491 e. The highest BCUT2D eigenvalue weighted by molar-refractivity contribution is 6.02. The highest BCUT2D eigenvalue weighted by Crippen LogP contribution is 2.44. The quantitative estimate of drug-likeness (QED) is 0.661. The summed E-state index contributed by atoms with van der Waals surface area (Å²) in [7, 11) is 0. The molecule has 0 unspecified atom stereocenters. The number of hydrogen-bond acceptors (Lipinski definition) is 0. The lowest BCUT2D eigenvalue weighted by Crippen LogP contribution is -1.88. The van der Waals surface area contributed by atoms with Crippen LogP contribution in [0.25, 0.3) is 11.1 Å². The van der Waals surface area contributed by atoms with Crippen LogP contribution in [0, 0.1) is 0 Å². The second-order valence-corrected chi connectivity index (χ2v) is 5.34. The maximum Gasteiger partial charge on any atom is -0.00491 e. The fourth-order valence-corrected chi connectivity index (χ4v) is 3.11. The first kappa shape index (κ1) is 12.9. The maximum atomic E-state index is 2.27. The van der Waals surface area contributed by atoms with Crippen molar-refractivity contribution in [1.82, 2.24) is 0 Å². The number of rotatable bonds is 3. The Kier molecular flexibility index (Phi) is 3.56. The number of allylic oxidation sites excluding steroid dienone is 4. The summed E-state index contributed by atoms with van der Waals surface area (Å²) in [6.45, 7) is 4.53. The Morgan fingerprint density at radius 1 is 0.800 bits per heavy atom. The third-order valence-electron chi connectivity index (χ3n) is 4.21. The molecule has 0 aliphatic heterocycles. The molecule has 0 N–H and O–H groups in total. The minimum Gasteiger partial charge on any atom is -0.0625 e. The molecule has 0 aromatic heterocycles. The number of benzene rings is 2. The average Bonchev–Trinajstić information content (AvgIpc) is 2.86. The summed E-state index contributed by atoms with van der Waals surface area (Å²) >= 11 is 0. The van der Waals surface area contributed by atoms with Gasteiger partial charge in [0.2, 0.25) is 0 Å². The van der Waals surface area contributed by atoms with E-state index in [2.05, 4.69) is 74.5 Å². The Morgan fingerprint density at radius 3 is 1.90 bits per heavy atom. The molecule has 3 rings (SSSR count). The van der Waals surface area contributed by atoms with Gasteiger partial charge in [0.1, 0.15) is 0 Å². The van der Waals surface area contributed by atoms with E-state index in [1.165, 1.54) is 27.8 Å². The van der Waals surface area contributed by atoms with Crippen LogP contribution in [0.3, 0.4) is 0 Å². The van der Waals surface area contributed by atoms with Gasteiger partial charge in [0, 0.05) is 0 Å². The largest absolute Gasteiger partial charge is 0.0625 e. The molecular weight excluding hydrogens is 240 g/mol. The van der Waals surface area contributed by atoms with Gasteiger partial charge in [0.25, 0.3) is 0 Å². The van der Waals surface area contributed by atoms with Crippen LogP contribution in [0.5, 0.6) is 0 Å². The first-order valence-corrected chi connectivity index (χ1v) is 7.34. The predicted molar refractivity (Wildman–Crippen MR) is 87.3 cm³/mol. The summed E-state index contributed by atoms with van der Waals surface area (Å²) < 4.78 is 0. The van der Waals surface area contributed by atoms with Crippen LogP contribution < -0.4 is 0 Å². The molecule has 0 radical (unpaired) electrons. The lowest BCUT2D eigenvalue weighted by molar-refractivity contribution is 1.04. The van der Waals surface area contributed by atoms with Gasteiger partial charge in [-0.3, -0.25) is 0 Å². The van der Waals surface area contributed by atoms with Gasteiger partial charge in [-0.05, 0) is 47.6 Å². The Morgan fingerprint density at radius 2 is 1.35 bits per heavy atom. The zero-order valence-electron chi connectivity index (χ0n) is 12.2. The van der Waals surface area contributed by atoms with E-state index in [1.54, 1.807) is 5.57 Å². The lowest BCUT2D eigenvalue weighted by atomic mass is 9.94. The molecule has 20 heavy (non-hydrogen) atoms. The normalized spacial score (nSPS) is 15.1. The summed E-state index contributed by atoms with van der Waals surface area (Å²) in [5, 5.41) is 0. The molecule has 0 saturated heterocycles. The van der Waals surface area contributed by atoms with Crippen molar-refractivity contribution in [2.75, 3.05) is 0 Å². The van der Waals surface area contributed by atoms with E-state index in [0.717, 1.165) is 12.8 Å². The minimum absolute atomic E-state index is 1.09. The van der Waals surface area contributed by atoms with Crippen molar-refractivity contribution >= 4 is 11.1 Å². The van der Waals surface area contributed by atoms with E-state index in [1.807, 2.05) is 0 Å². The van der Waals surface area contributed by atoms with E-state index in [9.17, 15) is 0 Å². The Balaban J connectivity index is 2.17. The zero-order chi connectivity index (χ0) is 13.9. The minimum atomic E-state index is 1.09. The SMILES string of the molecule is CCC1=C(C)C(c2ccccc2)=C(c2ccccc2)C1. The first-order valence-electron chi connectivity index (χ1n) is 7.34.